The van der Waals surface area contributed by atoms with Crippen LogP contribution in [0.4, 0.5) is 0 Å². The van der Waals surface area contributed by atoms with Gasteiger partial charge in [0.15, 0.2) is 0 Å². The van der Waals surface area contributed by atoms with E-state index in [1.165, 1.54) is 0 Å². The maximum atomic E-state index is 11.1. The summed E-state index contributed by atoms with van der Waals surface area (Å²) in [7, 11) is 0. The first-order valence-electron chi connectivity index (χ1n) is 4.51. The molecule has 2 rings (SSSR count). The van der Waals surface area contributed by atoms with Crippen LogP contribution in [0.15, 0.2) is 54.6 Å². The van der Waals surface area contributed by atoms with E-state index in [1.54, 1.807) is 18.2 Å². The molecule has 0 aliphatic rings. The van der Waals surface area contributed by atoms with Gasteiger partial charge in [0.1, 0.15) is 0 Å². The molecule has 68 valence electrons. The van der Waals surface area contributed by atoms with Crippen molar-refractivity contribution in [3.63, 3.8) is 0 Å². The summed E-state index contributed by atoms with van der Waals surface area (Å²) in [5, 5.41) is 11.1. The monoisotopic (exact) mass is 182 g/mol. The van der Waals surface area contributed by atoms with E-state index in [4.69, 9.17) is 0 Å². The topological polar surface area (TPSA) is 23.1 Å². The highest BCUT2D eigenvalue weighted by Gasteiger charge is 2.00. The SMILES string of the molecule is [O-]c1cccc([CH+]c2ccccc2)c1. The van der Waals surface area contributed by atoms with Crippen molar-refractivity contribution in [2.45, 2.75) is 0 Å². The maximum Gasteiger partial charge on any atom is 0.0725 e. The van der Waals surface area contributed by atoms with Crippen LogP contribution in [-0.4, -0.2) is 0 Å². The van der Waals surface area contributed by atoms with Gasteiger partial charge in [-0.1, -0.05) is 11.8 Å². The zero-order valence-electron chi connectivity index (χ0n) is 7.68. The quantitative estimate of drug-likeness (QED) is 0.654. The molecule has 0 saturated heterocycles. The van der Waals surface area contributed by atoms with E-state index < -0.39 is 0 Å². The molecule has 1 nitrogen and oxygen atoms in total. The molecule has 0 amide bonds. The van der Waals surface area contributed by atoms with Crippen LogP contribution in [0, 0.1) is 6.42 Å². The predicted molar refractivity (Wildman–Crippen MR) is 54.8 cm³/mol. The third kappa shape index (κ3) is 2.07. The second-order valence-electron chi connectivity index (χ2n) is 3.13. The lowest BCUT2D eigenvalue weighted by Gasteiger charge is -2.02. The number of hydrogen-bond donors (Lipinski definition) is 0. The summed E-state index contributed by atoms with van der Waals surface area (Å²) in [5.41, 5.74) is 2.06. The summed E-state index contributed by atoms with van der Waals surface area (Å²) >= 11 is 0. The molecule has 0 heterocycles. The molecule has 0 aliphatic heterocycles. The van der Waals surface area contributed by atoms with Crippen LogP contribution in [0.25, 0.3) is 0 Å². The molecule has 0 atom stereocenters. The van der Waals surface area contributed by atoms with Gasteiger partial charge < -0.3 is 5.11 Å². The zero-order valence-corrected chi connectivity index (χ0v) is 7.68. The van der Waals surface area contributed by atoms with Gasteiger partial charge in [-0.2, -0.15) is 0 Å². The lowest BCUT2D eigenvalue weighted by atomic mass is 10.1. The molecule has 2 aromatic carbocycles. The molecule has 14 heavy (non-hydrogen) atoms. The van der Waals surface area contributed by atoms with Gasteiger partial charge in [0.05, 0.1) is 11.1 Å². The first-order chi connectivity index (χ1) is 6.84. The number of benzene rings is 2. The number of rotatable bonds is 2. The Morgan fingerprint density at radius 2 is 1.50 bits per heavy atom. The Bertz CT molecular complexity index is 407. The zero-order chi connectivity index (χ0) is 9.80. The van der Waals surface area contributed by atoms with Gasteiger partial charge in [-0.15, -0.1) is 0 Å². The highest BCUT2D eigenvalue weighted by atomic mass is 16.3. The van der Waals surface area contributed by atoms with Crippen LogP contribution in [0.1, 0.15) is 11.1 Å². The van der Waals surface area contributed by atoms with Crippen molar-refractivity contribution in [2.24, 2.45) is 0 Å². The molecule has 0 spiro atoms. The molecule has 1 heteroatoms. The van der Waals surface area contributed by atoms with Gasteiger partial charge in [0.25, 0.3) is 0 Å². The summed E-state index contributed by atoms with van der Waals surface area (Å²) < 4.78 is 0. The second kappa shape index (κ2) is 3.88. The minimum Gasteiger partial charge on any atom is -0.866 e. The molecular weight excluding hydrogens is 172 g/mol. The summed E-state index contributed by atoms with van der Waals surface area (Å²) in [5.74, 6) is 0.0506. The molecule has 2 aromatic rings. The molecule has 0 fully saturated rings. The predicted octanol–water partition coefficient (Wildman–Crippen LogP) is 2.36. The largest absolute Gasteiger partial charge is 0.866 e. The lowest BCUT2D eigenvalue weighted by Crippen LogP contribution is -1.91. The van der Waals surface area contributed by atoms with Gasteiger partial charge in [-0.25, -0.2) is 0 Å². The van der Waals surface area contributed by atoms with Gasteiger partial charge in [-0.05, 0) is 30.3 Å². The second-order valence-corrected chi connectivity index (χ2v) is 3.13. The number of hydrogen-bond acceptors (Lipinski definition) is 1. The van der Waals surface area contributed by atoms with Crippen molar-refractivity contribution in [3.05, 3.63) is 72.1 Å². The van der Waals surface area contributed by atoms with Crippen LogP contribution in [0.2, 0.25) is 0 Å². The van der Waals surface area contributed by atoms with Crippen molar-refractivity contribution in [2.75, 3.05) is 0 Å². The third-order valence-corrected chi connectivity index (χ3v) is 1.99. The standard InChI is InChI=1S/C13H10O/c14-13-8-4-7-12(10-13)9-11-5-2-1-3-6-11/h1-10H. The van der Waals surface area contributed by atoms with E-state index in [0.717, 1.165) is 11.1 Å². The van der Waals surface area contributed by atoms with E-state index in [9.17, 15) is 5.11 Å². The molecular formula is C13H10O. The minimum absolute atomic E-state index is 0.0506. The van der Waals surface area contributed by atoms with Crippen LogP contribution in [0.3, 0.4) is 0 Å². The average Bonchev–Trinajstić information content (AvgIpc) is 2.19. The van der Waals surface area contributed by atoms with Crippen LogP contribution >= 0.6 is 0 Å². The summed E-state index contributed by atoms with van der Waals surface area (Å²) in [6, 6.07) is 16.8. The van der Waals surface area contributed by atoms with E-state index in [-0.39, 0.29) is 5.75 Å². The minimum atomic E-state index is 0.0506. The Labute approximate surface area is 83.6 Å². The fourth-order valence-electron chi connectivity index (χ4n) is 1.35. The van der Waals surface area contributed by atoms with Crippen molar-refractivity contribution >= 4 is 0 Å². The summed E-state index contributed by atoms with van der Waals surface area (Å²) in [4.78, 5) is 0. The van der Waals surface area contributed by atoms with E-state index >= 15 is 0 Å². The Morgan fingerprint density at radius 3 is 2.21 bits per heavy atom. The fraction of sp³-hybridized carbons (Fsp3) is 0. The lowest BCUT2D eigenvalue weighted by molar-refractivity contribution is -0.268. The van der Waals surface area contributed by atoms with E-state index in [1.807, 2.05) is 42.8 Å². The van der Waals surface area contributed by atoms with Crippen LogP contribution < -0.4 is 5.11 Å². The third-order valence-electron chi connectivity index (χ3n) is 1.99. The molecule has 0 saturated carbocycles. The average molecular weight is 182 g/mol. The molecule has 0 aromatic heterocycles. The first-order valence-corrected chi connectivity index (χ1v) is 4.51. The van der Waals surface area contributed by atoms with Crippen LogP contribution in [-0.2, 0) is 0 Å². The van der Waals surface area contributed by atoms with Crippen LogP contribution in [0.5, 0.6) is 5.75 Å². The van der Waals surface area contributed by atoms with Gasteiger partial charge in [-0.3, -0.25) is 0 Å². The molecule has 0 aliphatic carbocycles. The summed E-state index contributed by atoms with van der Waals surface area (Å²) in [6.45, 7) is 0. The smallest absolute Gasteiger partial charge is 0.0725 e. The van der Waals surface area contributed by atoms with Gasteiger partial charge >= 0.3 is 0 Å². The van der Waals surface area contributed by atoms with Crippen molar-refractivity contribution in [3.8, 4) is 5.75 Å². The Hall–Kier alpha value is -1.89. The van der Waals surface area contributed by atoms with E-state index in [2.05, 4.69) is 0 Å². The highest BCUT2D eigenvalue weighted by Crippen LogP contribution is 2.14. The van der Waals surface area contributed by atoms with Crippen molar-refractivity contribution in [1.29, 1.82) is 0 Å². The fourth-order valence-corrected chi connectivity index (χ4v) is 1.35. The van der Waals surface area contributed by atoms with E-state index in [0.29, 0.717) is 0 Å². The molecule has 0 unspecified atom stereocenters. The normalized spacial score (nSPS) is 9.71. The van der Waals surface area contributed by atoms with Gasteiger partial charge in [0, 0.05) is 24.6 Å². The van der Waals surface area contributed by atoms with Crippen molar-refractivity contribution < 1.29 is 5.11 Å². The summed E-state index contributed by atoms with van der Waals surface area (Å²) in [6.07, 6.45) is 1.99. The highest BCUT2D eigenvalue weighted by molar-refractivity contribution is 5.39. The molecule has 0 bridgehead atoms. The first kappa shape index (κ1) is 8.70. The van der Waals surface area contributed by atoms with Gasteiger partial charge in [0.2, 0.25) is 0 Å². The maximum absolute atomic E-state index is 11.1. The Morgan fingerprint density at radius 1 is 0.786 bits per heavy atom. The Kier molecular flexibility index (Phi) is 2.41. The van der Waals surface area contributed by atoms with Crippen molar-refractivity contribution in [1.82, 2.24) is 0 Å². The molecule has 0 N–H and O–H groups in total. The molecule has 0 radical (unpaired) electrons. The Balaban J connectivity index is 2.19.